The molecular formula is C18H17NO4. The van der Waals surface area contributed by atoms with Gasteiger partial charge in [0.05, 0.1) is 0 Å². The normalized spacial score (nSPS) is 11.4. The van der Waals surface area contributed by atoms with E-state index >= 15 is 0 Å². The highest BCUT2D eigenvalue weighted by Crippen LogP contribution is 2.16. The Morgan fingerprint density at radius 1 is 1.04 bits per heavy atom. The van der Waals surface area contributed by atoms with E-state index in [4.69, 9.17) is 4.74 Å². The maximum atomic E-state index is 12.3. The second kappa shape index (κ2) is 7.35. The Morgan fingerprint density at radius 2 is 1.65 bits per heavy atom. The third-order valence-corrected chi connectivity index (χ3v) is 3.19. The molecule has 118 valence electrons. The smallest absolute Gasteiger partial charge is 0.221 e. The number of nitrogens with one attached hydrogen (secondary N) is 1. The lowest BCUT2D eigenvalue weighted by Crippen LogP contribution is -2.23. The summed E-state index contributed by atoms with van der Waals surface area (Å²) < 4.78 is 5.59. The van der Waals surface area contributed by atoms with Crippen LogP contribution in [0.25, 0.3) is 0 Å². The summed E-state index contributed by atoms with van der Waals surface area (Å²) in [5.74, 6) is 0.185. The van der Waals surface area contributed by atoms with Gasteiger partial charge in [-0.1, -0.05) is 0 Å². The minimum absolute atomic E-state index is 0.167. The summed E-state index contributed by atoms with van der Waals surface area (Å²) in [6.07, 6.45) is 0.0818. The summed E-state index contributed by atoms with van der Waals surface area (Å²) in [6.45, 7) is 3.09. The van der Waals surface area contributed by atoms with Gasteiger partial charge in [0, 0.05) is 23.7 Å². The van der Waals surface area contributed by atoms with Crippen molar-refractivity contribution in [1.82, 2.24) is 0 Å². The molecule has 1 atom stereocenters. The second-order valence-electron chi connectivity index (χ2n) is 5.07. The molecule has 2 aromatic carbocycles. The Hall–Kier alpha value is -2.95. The number of carbonyl (C=O) groups excluding carboxylic acids is 3. The van der Waals surface area contributed by atoms with Crippen LogP contribution in [-0.4, -0.2) is 24.1 Å². The van der Waals surface area contributed by atoms with Crippen molar-refractivity contribution in [2.24, 2.45) is 0 Å². The van der Waals surface area contributed by atoms with Gasteiger partial charge in [0.15, 0.2) is 6.10 Å². The molecule has 0 saturated heterocycles. The first-order chi connectivity index (χ1) is 11.0. The standard InChI is InChI=1S/C18H17NO4/c1-12(23-17-9-3-14(11-20)4-10-17)18(22)15-5-7-16(8-6-15)19-13(2)21/h3-12H,1-2H3,(H,19,21). The topological polar surface area (TPSA) is 72.5 Å². The van der Waals surface area contributed by atoms with Crippen LogP contribution < -0.4 is 10.1 Å². The van der Waals surface area contributed by atoms with Crippen molar-refractivity contribution in [3.8, 4) is 5.75 Å². The molecule has 0 aromatic heterocycles. The van der Waals surface area contributed by atoms with Crippen LogP contribution in [0.15, 0.2) is 48.5 Å². The van der Waals surface area contributed by atoms with Crippen LogP contribution in [0, 0.1) is 0 Å². The maximum absolute atomic E-state index is 12.3. The summed E-state index contributed by atoms with van der Waals surface area (Å²) in [5.41, 5.74) is 1.67. The first-order valence-corrected chi connectivity index (χ1v) is 7.13. The average molecular weight is 311 g/mol. The van der Waals surface area contributed by atoms with E-state index in [2.05, 4.69) is 5.32 Å². The SMILES string of the molecule is CC(=O)Nc1ccc(C(=O)C(C)Oc2ccc(C=O)cc2)cc1. The van der Waals surface area contributed by atoms with Crippen LogP contribution in [0.3, 0.4) is 0 Å². The Morgan fingerprint density at radius 3 is 2.17 bits per heavy atom. The highest BCUT2D eigenvalue weighted by Gasteiger charge is 2.17. The van der Waals surface area contributed by atoms with E-state index in [1.165, 1.54) is 6.92 Å². The number of aldehydes is 1. The minimum atomic E-state index is -0.663. The van der Waals surface area contributed by atoms with Gasteiger partial charge in [0.2, 0.25) is 11.7 Å². The van der Waals surface area contributed by atoms with Gasteiger partial charge in [-0.2, -0.15) is 0 Å². The summed E-state index contributed by atoms with van der Waals surface area (Å²) >= 11 is 0. The number of ketones is 1. The molecule has 0 aliphatic carbocycles. The van der Waals surface area contributed by atoms with Gasteiger partial charge in [-0.05, 0) is 55.5 Å². The highest BCUT2D eigenvalue weighted by molar-refractivity contribution is 6.00. The van der Waals surface area contributed by atoms with Crippen LogP contribution in [0.1, 0.15) is 34.6 Å². The Bertz CT molecular complexity index is 705. The predicted molar refractivity (Wildman–Crippen MR) is 87.0 cm³/mol. The lowest BCUT2D eigenvalue weighted by molar-refractivity contribution is -0.114. The molecule has 2 rings (SSSR count). The zero-order valence-corrected chi connectivity index (χ0v) is 12.9. The van der Waals surface area contributed by atoms with Crippen LogP contribution >= 0.6 is 0 Å². The van der Waals surface area contributed by atoms with Gasteiger partial charge in [-0.25, -0.2) is 0 Å². The van der Waals surface area contributed by atoms with Gasteiger partial charge >= 0.3 is 0 Å². The summed E-state index contributed by atoms with van der Waals surface area (Å²) in [6, 6.07) is 13.2. The molecule has 2 aromatic rings. The van der Waals surface area contributed by atoms with E-state index in [0.717, 1.165) is 6.29 Å². The molecule has 5 heteroatoms. The lowest BCUT2D eigenvalue weighted by Gasteiger charge is -2.14. The molecule has 1 unspecified atom stereocenters. The predicted octanol–water partition coefficient (Wildman–Crippen LogP) is 3.11. The molecule has 0 aliphatic heterocycles. The quantitative estimate of drug-likeness (QED) is 0.657. The van der Waals surface area contributed by atoms with Crippen molar-refractivity contribution in [2.75, 3.05) is 5.32 Å². The number of carbonyl (C=O) groups is 3. The van der Waals surface area contributed by atoms with E-state index in [1.807, 2.05) is 0 Å². The van der Waals surface area contributed by atoms with Crippen molar-refractivity contribution >= 4 is 23.7 Å². The van der Waals surface area contributed by atoms with Crippen molar-refractivity contribution in [1.29, 1.82) is 0 Å². The van der Waals surface area contributed by atoms with E-state index in [1.54, 1.807) is 55.5 Å². The molecule has 0 heterocycles. The number of hydrogen-bond acceptors (Lipinski definition) is 4. The number of Topliss-reactive ketones (excluding diaryl/α,β-unsaturated/α-hetero) is 1. The van der Waals surface area contributed by atoms with Gasteiger partial charge in [-0.3, -0.25) is 14.4 Å². The molecule has 1 N–H and O–H groups in total. The Balaban J connectivity index is 2.03. The van der Waals surface area contributed by atoms with E-state index in [0.29, 0.717) is 22.6 Å². The number of benzene rings is 2. The van der Waals surface area contributed by atoms with Gasteiger partial charge in [0.25, 0.3) is 0 Å². The number of ether oxygens (including phenoxy) is 1. The molecule has 23 heavy (non-hydrogen) atoms. The molecular weight excluding hydrogens is 294 g/mol. The van der Waals surface area contributed by atoms with Crippen molar-refractivity contribution in [3.05, 3.63) is 59.7 Å². The second-order valence-corrected chi connectivity index (χ2v) is 5.07. The molecule has 0 radical (unpaired) electrons. The monoisotopic (exact) mass is 311 g/mol. The molecule has 0 bridgehead atoms. The first kappa shape index (κ1) is 16.4. The van der Waals surface area contributed by atoms with Crippen molar-refractivity contribution in [3.63, 3.8) is 0 Å². The van der Waals surface area contributed by atoms with Crippen molar-refractivity contribution < 1.29 is 19.1 Å². The van der Waals surface area contributed by atoms with E-state index in [-0.39, 0.29) is 11.7 Å². The van der Waals surface area contributed by atoms with Gasteiger partial charge in [-0.15, -0.1) is 0 Å². The summed E-state index contributed by atoms with van der Waals surface area (Å²) in [7, 11) is 0. The molecule has 5 nitrogen and oxygen atoms in total. The van der Waals surface area contributed by atoms with Crippen LogP contribution in [0.4, 0.5) is 5.69 Å². The largest absolute Gasteiger partial charge is 0.483 e. The fourth-order valence-electron chi connectivity index (χ4n) is 2.04. The summed E-state index contributed by atoms with van der Waals surface area (Å²) in [4.78, 5) is 33.9. The molecule has 1 amide bonds. The first-order valence-electron chi connectivity index (χ1n) is 7.13. The van der Waals surface area contributed by atoms with E-state index in [9.17, 15) is 14.4 Å². The fraction of sp³-hybridized carbons (Fsp3) is 0.167. The fourth-order valence-corrected chi connectivity index (χ4v) is 2.04. The Kier molecular flexibility index (Phi) is 5.25. The zero-order chi connectivity index (χ0) is 16.8. The van der Waals surface area contributed by atoms with Gasteiger partial charge in [0.1, 0.15) is 12.0 Å². The van der Waals surface area contributed by atoms with Gasteiger partial charge < -0.3 is 10.1 Å². The van der Waals surface area contributed by atoms with Crippen LogP contribution in [0.5, 0.6) is 5.75 Å². The van der Waals surface area contributed by atoms with Crippen LogP contribution in [0.2, 0.25) is 0 Å². The Labute approximate surface area is 134 Å². The van der Waals surface area contributed by atoms with Crippen molar-refractivity contribution in [2.45, 2.75) is 20.0 Å². The molecule has 0 saturated carbocycles. The number of rotatable bonds is 6. The van der Waals surface area contributed by atoms with Crippen LogP contribution in [-0.2, 0) is 4.79 Å². The number of anilines is 1. The molecule has 0 aliphatic rings. The van der Waals surface area contributed by atoms with E-state index < -0.39 is 6.10 Å². The summed E-state index contributed by atoms with van der Waals surface area (Å²) in [5, 5.41) is 2.64. The maximum Gasteiger partial charge on any atom is 0.221 e. The number of hydrogen-bond donors (Lipinski definition) is 1. The lowest BCUT2D eigenvalue weighted by atomic mass is 10.1. The molecule has 0 fully saturated rings. The average Bonchev–Trinajstić information content (AvgIpc) is 2.55. The third kappa shape index (κ3) is 4.51. The minimum Gasteiger partial charge on any atom is -0.483 e. The third-order valence-electron chi connectivity index (χ3n) is 3.19. The highest BCUT2D eigenvalue weighted by atomic mass is 16.5. The number of amides is 1. The zero-order valence-electron chi connectivity index (χ0n) is 12.9. The molecule has 0 spiro atoms.